The van der Waals surface area contributed by atoms with Crippen molar-refractivity contribution in [3.8, 4) is 5.75 Å². The number of aryl methyl sites for hydroxylation is 1. The third kappa shape index (κ3) is 4.03. The number of nitrogens with zero attached hydrogens (tertiary/aromatic N) is 3. The molecule has 19 heavy (non-hydrogen) atoms. The standard InChI is InChI=1S/C13H18N4O2/c1-3-13-16-12(17-19-13)9-18-11-6-5-10(15-8-11)7-14-4-2/h5-6,8,14H,3-4,7,9H2,1-2H3. The first kappa shape index (κ1) is 13.5. The number of nitrogens with one attached hydrogen (secondary N) is 1. The first-order valence-corrected chi connectivity index (χ1v) is 6.41. The molecule has 0 spiro atoms. The Bertz CT molecular complexity index is 496. The van der Waals surface area contributed by atoms with E-state index in [1.54, 1.807) is 6.20 Å². The third-order valence-electron chi connectivity index (χ3n) is 2.53. The molecule has 0 radical (unpaired) electrons. The first-order chi connectivity index (χ1) is 9.31. The summed E-state index contributed by atoms with van der Waals surface area (Å²) in [7, 11) is 0. The Morgan fingerprint density at radius 2 is 2.21 bits per heavy atom. The second-order valence-electron chi connectivity index (χ2n) is 4.01. The molecule has 6 nitrogen and oxygen atoms in total. The van der Waals surface area contributed by atoms with Crippen LogP contribution in [-0.4, -0.2) is 21.7 Å². The molecule has 0 saturated carbocycles. The van der Waals surface area contributed by atoms with Crippen molar-refractivity contribution in [1.82, 2.24) is 20.4 Å². The maximum absolute atomic E-state index is 5.54. The zero-order valence-corrected chi connectivity index (χ0v) is 11.2. The van der Waals surface area contributed by atoms with E-state index in [2.05, 4.69) is 27.4 Å². The fourth-order valence-electron chi connectivity index (χ4n) is 1.49. The summed E-state index contributed by atoms with van der Waals surface area (Å²) in [6.07, 6.45) is 2.43. The van der Waals surface area contributed by atoms with Crippen molar-refractivity contribution in [3.05, 3.63) is 35.7 Å². The van der Waals surface area contributed by atoms with Crippen molar-refractivity contribution in [3.63, 3.8) is 0 Å². The van der Waals surface area contributed by atoms with Crippen molar-refractivity contribution in [2.24, 2.45) is 0 Å². The van der Waals surface area contributed by atoms with Gasteiger partial charge < -0.3 is 14.6 Å². The summed E-state index contributed by atoms with van der Waals surface area (Å²) in [6, 6.07) is 3.83. The number of rotatable bonds is 7. The van der Waals surface area contributed by atoms with Crippen molar-refractivity contribution >= 4 is 0 Å². The van der Waals surface area contributed by atoms with Gasteiger partial charge in [-0.15, -0.1) is 0 Å². The van der Waals surface area contributed by atoms with E-state index in [9.17, 15) is 0 Å². The van der Waals surface area contributed by atoms with Gasteiger partial charge in [-0.25, -0.2) is 0 Å². The van der Waals surface area contributed by atoms with Crippen molar-refractivity contribution in [1.29, 1.82) is 0 Å². The van der Waals surface area contributed by atoms with Crippen LogP contribution in [-0.2, 0) is 19.6 Å². The zero-order valence-electron chi connectivity index (χ0n) is 11.2. The molecule has 0 atom stereocenters. The Balaban J connectivity index is 1.85. The van der Waals surface area contributed by atoms with Gasteiger partial charge in [0.1, 0.15) is 5.75 Å². The minimum Gasteiger partial charge on any atom is -0.484 e. The molecule has 1 N–H and O–H groups in total. The number of hydrogen-bond acceptors (Lipinski definition) is 6. The molecular weight excluding hydrogens is 244 g/mol. The van der Waals surface area contributed by atoms with Crippen LogP contribution in [0.4, 0.5) is 0 Å². The average Bonchev–Trinajstić information content (AvgIpc) is 2.92. The van der Waals surface area contributed by atoms with E-state index in [0.29, 0.717) is 17.5 Å². The number of pyridine rings is 1. The average molecular weight is 262 g/mol. The maximum Gasteiger partial charge on any atom is 0.226 e. The van der Waals surface area contributed by atoms with E-state index in [4.69, 9.17) is 9.26 Å². The Labute approximate surface area is 112 Å². The van der Waals surface area contributed by atoms with Gasteiger partial charge in [-0.3, -0.25) is 4.98 Å². The van der Waals surface area contributed by atoms with Crippen LogP contribution >= 0.6 is 0 Å². The summed E-state index contributed by atoms with van der Waals surface area (Å²) in [5.74, 6) is 1.87. The van der Waals surface area contributed by atoms with Crippen LogP contribution in [0.25, 0.3) is 0 Å². The van der Waals surface area contributed by atoms with Crippen molar-refractivity contribution in [2.45, 2.75) is 33.4 Å². The van der Waals surface area contributed by atoms with Crippen LogP contribution in [0, 0.1) is 0 Å². The second-order valence-corrected chi connectivity index (χ2v) is 4.01. The summed E-state index contributed by atoms with van der Waals surface area (Å²) in [5, 5.41) is 7.03. The summed E-state index contributed by atoms with van der Waals surface area (Å²) in [6.45, 7) is 6.01. The number of aromatic nitrogens is 3. The molecule has 0 aliphatic rings. The molecule has 0 unspecified atom stereocenters. The highest BCUT2D eigenvalue weighted by Gasteiger charge is 2.05. The topological polar surface area (TPSA) is 73.1 Å². The molecule has 2 heterocycles. The quantitative estimate of drug-likeness (QED) is 0.819. The Kier molecular flexibility index (Phi) is 4.85. The third-order valence-corrected chi connectivity index (χ3v) is 2.53. The van der Waals surface area contributed by atoms with Crippen molar-refractivity contribution in [2.75, 3.05) is 6.54 Å². The molecule has 2 aromatic heterocycles. The minimum absolute atomic E-state index is 0.289. The SMILES string of the molecule is CCNCc1ccc(OCc2noc(CC)n2)cn1. The minimum atomic E-state index is 0.289. The molecule has 0 amide bonds. The predicted octanol–water partition coefficient (Wildman–Crippen LogP) is 1.72. The molecule has 0 fully saturated rings. The highest BCUT2D eigenvalue weighted by Crippen LogP contribution is 2.11. The Morgan fingerprint density at radius 1 is 1.32 bits per heavy atom. The molecule has 2 rings (SSSR count). The van der Waals surface area contributed by atoms with Gasteiger partial charge in [-0.2, -0.15) is 4.98 Å². The van der Waals surface area contributed by atoms with E-state index in [0.717, 1.165) is 25.2 Å². The summed E-state index contributed by atoms with van der Waals surface area (Å²) in [5.41, 5.74) is 0.988. The van der Waals surface area contributed by atoms with Gasteiger partial charge in [0.05, 0.1) is 11.9 Å². The fraction of sp³-hybridized carbons (Fsp3) is 0.462. The molecule has 6 heteroatoms. The van der Waals surface area contributed by atoms with Gasteiger partial charge in [0, 0.05) is 13.0 Å². The van der Waals surface area contributed by atoms with E-state index < -0.39 is 0 Å². The van der Waals surface area contributed by atoms with Gasteiger partial charge in [0.2, 0.25) is 11.7 Å². The highest BCUT2D eigenvalue weighted by molar-refractivity contribution is 5.19. The van der Waals surface area contributed by atoms with Gasteiger partial charge in [0.25, 0.3) is 0 Å². The molecule has 102 valence electrons. The highest BCUT2D eigenvalue weighted by atomic mass is 16.5. The Hall–Kier alpha value is -1.95. The lowest BCUT2D eigenvalue weighted by molar-refractivity contribution is 0.284. The molecule has 0 aliphatic carbocycles. The van der Waals surface area contributed by atoms with Gasteiger partial charge in [0.15, 0.2) is 6.61 Å². The van der Waals surface area contributed by atoms with Crippen LogP contribution in [0.5, 0.6) is 5.75 Å². The van der Waals surface area contributed by atoms with E-state index in [1.807, 2.05) is 19.1 Å². The summed E-state index contributed by atoms with van der Waals surface area (Å²) < 4.78 is 10.5. The predicted molar refractivity (Wildman–Crippen MR) is 69.6 cm³/mol. The van der Waals surface area contributed by atoms with E-state index in [-0.39, 0.29) is 6.61 Å². The number of hydrogen-bond donors (Lipinski definition) is 1. The molecule has 0 saturated heterocycles. The lowest BCUT2D eigenvalue weighted by atomic mass is 10.3. The fourth-order valence-corrected chi connectivity index (χ4v) is 1.49. The first-order valence-electron chi connectivity index (χ1n) is 6.41. The van der Waals surface area contributed by atoms with Crippen molar-refractivity contribution < 1.29 is 9.26 Å². The van der Waals surface area contributed by atoms with Crippen LogP contribution in [0.1, 0.15) is 31.3 Å². The van der Waals surface area contributed by atoms with E-state index >= 15 is 0 Å². The van der Waals surface area contributed by atoms with Crippen LogP contribution in [0.15, 0.2) is 22.9 Å². The molecule has 0 aromatic carbocycles. The van der Waals surface area contributed by atoms with Gasteiger partial charge in [-0.05, 0) is 18.7 Å². The lowest BCUT2D eigenvalue weighted by Gasteiger charge is -2.04. The molecule has 0 aliphatic heterocycles. The monoisotopic (exact) mass is 262 g/mol. The largest absolute Gasteiger partial charge is 0.484 e. The second kappa shape index (κ2) is 6.84. The lowest BCUT2D eigenvalue weighted by Crippen LogP contribution is -2.12. The molecule has 0 bridgehead atoms. The zero-order chi connectivity index (χ0) is 13.5. The van der Waals surface area contributed by atoms with E-state index in [1.165, 1.54) is 0 Å². The van der Waals surface area contributed by atoms with Gasteiger partial charge in [-0.1, -0.05) is 19.0 Å². The van der Waals surface area contributed by atoms with Gasteiger partial charge >= 0.3 is 0 Å². The van der Waals surface area contributed by atoms with Crippen LogP contribution < -0.4 is 10.1 Å². The Morgan fingerprint density at radius 3 is 2.84 bits per heavy atom. The normalized spacial score (nSPS) is 10.6. The van der Waals surface area contributed by atoms with Crippen LogP contribution in [0.2, 0.25) is 0 Å². The summed E-state index contributed by atoms with van der Waals surface area (Å²) >= 11 is 0. The molecule has 2 aromatic rings. The van der Waals surface area contributed by atoms with Crippen LogP contribution in [0.3, 0.4) is 0 Å². The maximum atomic E-state index is 5.54. The summed E-state index contributed by atoms with van der Waals surface area (Å²) in [4.78, 5) is 8.47. The smallest absolute Gasteiger partial charge is 0.226 e. The number of ether oxygens (including phenoxy) is 1. The molecular formula is C13H18N4O2.